The van der Waals surface area contributed by atoms with Crippen LogP contribution in [0.15, 0.2) is 103 Å². The van der Waals surface area contributed by atoms with Gasteiger partial charge in [-0.1, -0.05) is 91.0 Å². The number of nitrogens with zero attached hydrogens (tertiary/aromatic N) is 2. The second kappa shape index (κ2) is 9.95. The topological polar surface area (TPSA) is 124 Å². The molecule has 4 aromatic rings. The molecule has 9 nitrogen and oxygen atoms in total. The number of carbonyl (C=O) groups excluding carboxylic acids is 4. The number of hydrogen-bond acceptors (Lipinski definition) is 8. The van der Waals surface area contributed by atoms with Crippen molar-refractivity contribution in [2.75, 3.05) is 4.90 Å². The molecule has 3 atom stereocenters. The van der Waals surface area contributed by atoms with Gasteiger partial charge < -0.3 is 9.64 Å². The van der Waals surface area contributed by atoms with Crippen molar-refractivity contribution in [3.63, 3.8) is 0 Å². The predicted octanol–water partition coefficient (Wildman–Crippen LogP) is 5.84. The Morgan fingerprint density at radius 2 is 1.52 bits per heavy atom. The zero-order valence-corrected chi connectivity index (χ0v) is 23.4. The van der Waals surface area contributed by atoms with Gasteiger partial charge in [0.1, 0.15) is 11.5 Å². The highest BCUT2D eigenvalue weighted by Gasteiger charge is 2.71. The Morgan fingerprint density at radius 1 is 0.864 bits per heavy atom. The van der Waals surface area contributed by atoms with Crippen LogP contribution in [0.1, 0.15) is 55.0 Å². The summed E-state index contributed by atoms with van der Waals surface area (Å²) in [5.74, 6) is -2.88. The molecule has 0 N–H and O–H groups in total. The van der Waals surface area contributed by atoms with E-state index in [1.54, 1.807) is 95.9 Å². The quantitative estimate of drug-likeness (QED) is 0.0716. The van der Waals surface area contributed by atoms with Crippen molar-refractivity contribution >= 4 is 40.8 Å². The number of ether oxygens (including phenoxy) is 1. The lowest BCUT2D eigenvalue weighted by Crippen LogP contribution is -2.48. The zero-order chi connectivity index (χ0) is 30.7. The smallest absolute Gasteiger partial charge is 0.308 e. The molecule has 0 amide bonds. The van der Waals surface area contributed by atoms with Gasteiger partial charge in [0.25, 0.3) is 5.69 Å². The summed E-state index contributed by atoms with van der Waals surface area (Å²) in [7, 11) is 0. The van der Waals surface area contributed by atoms with Gasteiger partial charge in [0.2, 0.25) is 0 Å². The number of Topliss-reactive ketones (excluding diaryl/α,β-unsaturated/α-hetero) is 3. The highest BCUT2D eigenvalue weighted by atomic mass is 16.6. The number of fused-ring (bicyclic) bond motifs is 5. The van der Waals surface area contributed by atoms with E-state index in [-0.39, 0.29) is 28.3 Å². The van der Waals surface area contributed by atoms with E-state index in [0.29, 0.717) is 22.4 Å². The number of non-ortho nitro benzene ring substituents is 1. The number of para-hydroxylation sites is 1. The van der Waals surface area contributed by atoms with Gasteiger partial charge in [0.05, 0.1) is 16.7 Å². The number of carbonyl (C=O) groups is 4. The fourth-order valence-corrected chi connectivity index (χ4v) is 7.20. The normalized spacial score (nSPS) is 20.7. The number of nitro groups is 1. The standard InChI is InChI=1S/C35H24N2O7/c1-20(38)44-27-16-8-11-21-17-18-28-35(33(40)25-14-5-6-15-26(25)34(35)41)29(23-12-7-13-24(19-23)37(42)43)31(36(28)30(21)27)32(39)22-9-3-2-4-10-22/h2-19,28-29,31H,1H3/t28-,29+,31+/m0/s1. The van der Waals surface area contributed by atoms with Gasteiger partial charge >= 0.3 is 5.97 Å². The molecule has 2 heterocycles. The summed E-state index contributed by atoms with van der Waals surface area (Å²) in [6.45, 7) is 1.26. The van der Waals surface area contributed by atoms with E-state index in [9.17, 15) is 29.3 Å². The molecule has 9 heteroatoms. The minimum absolute atomic E-state index is 0.167. The van der Waals surface area contributed by atoms with Crippen molar-refractivity contribution in [3.05, 3.63) is 141 Å². The second-order valence-corrected chi connectivity index (χ2v) is 11.1. The zero-order valence-electron chi connectivity index (χ0n) is 23.4. The molecule has 44 heavy (non-hydrogen) atoms. The summed E-state index contributed by atoms with van der Waals surface area (Å²) in [5, 5.41) is 11.9. The van der Waals surface area contributed by atoms with Gasteiger partial charge in [-0.3, -0.25) is 29.3 Å². The molecule has 0 aromatic heterocycles. The lowest BCUT2D eigenvalue weighted by Gasteiger charge is -2.37. The van der Waals surface area contributed by atoms with Crippen molar-refractivity contribution in [2.45, 2.75) is 24.9 Å². The van der Waals surface area contributed by atoms with E-state index < -0.39 is 45.9 Å². The third kappa shape index (κ3) is 3.72. The molecule has 0 radical (unpaired) electrons. The number of nitro benzene ring substituents is 1. The number of esters is 1. The summed E-state index contributed by atoms with van der Waals surface area (Å²) >= 11 is 0. The Hall–Kier alpha value is -5.70. The predicted molar refractivity (Wildman–Crippen MR) is 161 cm³/mol. The molecule has 2 aliphatic heterocycles. The highest BCUT2D eigenvalue weighted by Crippen LogP contribution is 2.62. The molecular weight excluding hydrogens is 560 g/mol. The van der Waals surface area contributed by atoms with Crippen molar-refractivity contribution < 1.29 is 28.8 Å². The lowest BCUT2D eigenvalue weighted by atomic mass is 9.64. The average molecular weight is 585 g/mol. The lowest BCUT2D eigenvalue weighted by molar-refractivity contribution is -0.384. The van der Waals surface area contributed by atoms with Gasteiger partial charge in [-0.05, 0) is 11.6 Å². The Bertz CT molecular complexity index is 1910. The maximum absolute atomic E-state index is 14.8. The molecule has 3 aliphatic rings. The Balaban J connectivity index is 1.58. The second-order valence-electron chi connectivity index (χ2n) is 11.1. The molecule has 0 saturated carbocycles. The van der Waals surface area contributed by atoms with E-state index in [1.807, 2.05) is 0 Å². The summed E-state index contributed by atoms with van der Waals surface area (Å²) in [6, 6.07) is 23.7. The van der Waals surface area contributed by atoms with Crippen LogP contribution >= 0.6 is 0 Å². The van der Waals surface area contributed by atoms with E-state index >= 15 is 0 Å². The molecule has 216 valence electrons. The third-order valence-corrected chi connectivity index (χ3v) is 8.81. The maximum atomic E-state index is 14.8. The van der Waals surface area contributed by atoms with Crippen LogP contribution in [0.4, 0.5) is 11.4 Å². The molecule has 4 aromatic carbocycles. The summed E-state index contributed by atoms with van der Waals surface area (Å²) in [4.78, 5) is 69.6. The van der Waals surface area contributed by atoms with E-state index in [1.165, 1.54) is 25.1 Å². The number of rotatable bonds is 5. The molecule has 0 bridgehead atoms. The van der Waals surface area contributed by atoms with Gasteiger partial charge in [0.15, 0.2) is 23.1 Å². The van der Waals surface area contributed by atoms with E-state index in [4.69, 9.17) is 4.74 Å². The maximum Gasteiger partial charge on any atom is 0.308 e. The van der Waals surface area contributed by atoms with Crippen LogP contribution in [0.3, 0.4) is 0 Å². The first-order valence-corrected chi connectivity index (χ1v) is 14.1. The SMILES string of the molecule is CC(=O)Oc1cccc2c1N1[C@@H](C=C2)C2(C(=O)c3ccccc3C2=O)[C@H](c2cccc([N+](=O)[O-])c2)[C@@H]1C(=O)c1ccccc1. The fraction of sp³-hybridized carbons (Fsp3) is 0.143. The molecule has 1 spiro atoms. The van der Waals surface area contributed by atoms with E-state index in [0.717, 1.165) is 0 Å². The van der Waals surface area contributed by atoms with Crippen molar-refractivity contribution in [1.29, 1.82) is 0 Å². The molecule has 0 unspecified atom stereocenters. The van der Waals surface area contributed by atoms with Crippen LogP contribution in [-0.4, -0.2) is 40.3 Å². The summed E-state index contributed by atoms with van der Waals surface area (Å²) in [6.07, 6.45) is 3.50. The van der Waals surface area contributed by atoms with Crippen LogP contribution in [0.25, 0.3) is 6.08 Å². The van der Waals surface area contributed by atoms with Gasteiger partial charge in [-0.2, -0.15) is 0 Å². The highest BCUT2D eigenvalue weighted by molar-refractivity contribution is 6.32. The van der Waals surface area contributed by atoms with Crippen LogP contribution in [0.5, 0.6) is 5.75 Å². The first-order valence-electron chi connectivity index (χ1n) is 14.1. The average Bonchev–Trinajstić information content (AvgIpc) is 3.47. The minimum Gasteiger partial charge on any atom is -0.424 e. The first kappa shape index (κ1) is 27.2. The number of ketones is 3. The Morgan fingerprint density at radius 3 is 2.18 bits per heavy atom. The van der Waals surface area contributed by atoms with E-state index in [2.05, 4.69) is 0 Å². The van der Waals surface area contributed by atoms with Gasteiger partial charge in [-0.15, -0.1) is 0 Å². The number of benzene rings is 4. The van der Waals surface area contributed by atoms with Gasteiger partial charge in [-0.25, -0.2) is 0 Å². The fourth-order valence-electron chi connectivity index (χ4n) is 7.20. The summed E-state index contributed by atoms with van der Waals surface area (Å²) < 4.78 is 5.63. The first-order chi connectivity index (χ1) is 21.2. The van der Waals surface area contributed by atoms with Crippen LogP contribution in [0, 0.1) is 15.5 Å². The molecule has 1 saturated heterocycles. The summed E-state index contributed by atoms with van der Waals surface area (Å²) in [5.41, 5.74) is 0.00890. The molecule has 7 rings (SSSR count). The monoisotopic (exact) mass is 584 g/mol. The number of anilines is 1. The molecular formula is C35H24N2O7. The van der Waals surface area contributed by atoms with Crippen molar-refractivity contribution in [3.8, 4) is 5.75 Å². The third-order valence-electron chi connectivity index (χ3n) is 8.81. The Labute approximate surface area is 251 Å². The van der Waals surface area contributed by atoms with Gasteiger partial charge in [0, 0.05) is 47.2 Å². The molecule has 1 aliphatic carbocycles. The minimum atomic E-state index is -1.86. The van der Waals surface area contributed by atoms with Crippen LogP contribution < -0.4 is 9.64 Å². The number of hydrogen-bond donors (Lipinski definition) is 0. The van der Waals surface area contributed by atoms with Crippen molar-refractivity contribution in [1.82, 2.24) is 0 Å². The van der Waals surface area contributed by atoms with Crippen LogP contribution in [0.2, 0.25) is 0 Å². The Kier molecular flexibility index (Phi) is 6.14. The largest absolute Gasteiger partial charge is 0.424 e. The van der Waals surface area contributed by atoms with Crippen molar-refractivity contribution in [2.24, 2.45) is 5.41 Å². The molecule has 1 fully saturated rings. The van der Waals surface area contributed by atoms with Crippen LogP contribution in [-0.2, 0) is 4.79 Å².